The predicted octanol–water partition coefficient (Wildman–Crippen LogP) is 2.79. The molecule has 3 saturated carbocycles. The Morgan fingerprint density at radius 2 is 1.77 bits per heavy atom. The zero-order valence-corrected chi connectivity index (χ0v) is 12.8. The number of hydrogen-bond donors (Lipinski definition) is 1. The molecule has 120 valence electrons. The quantitative estimate of drug-likeness (QED) is 0.866. The van der Waals surface area contributed by atoms with Gasteiger partial charge >= 0.3 is 6.18 Å². The number of nitrogens with zero attached hydrogens (tertiary/aromatic N) is 3. The van der Waals surface area contributed by atoms with Crippen molar-refractivity contribution in [2.45, 2.75) is 63.8 Å². The molecule has 4 nitrogen and oxygen atoms in total. The molecule has 0 radical (unpaired) electrons. The van der Waals surface area contributed by atoms with Gasteiger partial charge in [-0.25, -0.2) is 9.97 Å². The Kier molecular flexibility index (Phi) is 2.43. The van der Waals surface area contributed by atoms with Crippen molar-refractivity contribution in [2.75, 3.05) is 4.90 Å². The second-order valence-electron chi connectivity index (χ2n) is 7.28. The van der Waals surface area contributed by atoms with E-state index in [2.05, 4.69) is 9.97 Å². The van der Waals surface area contributed by atoms with E-state index in [1.807, 2.05) is 18.7 Å². The zero-order valence-electron chi connectivity index (χ0n) is 12.8. The molecule has 4 aliphatic rings. The second-order valence-corrected chi connectivity index (χ2v) is 7.28. The van der Waals surface area contributed by atoms with Gasteiger partial charge in [0.2, 0.25) is 0 Å². The molecule has 22 heavy (non-hydrogen) atoms. The normalized spacial score (nSPS) is 39.3. The number of anilines is 1. The highest BCUT2D eigenvalue weighted by Gasteiger charge is 2.81. The number of nitrogens with two attached hydrogens (primary N) is 1. The van der Waals surface area contributed by atoms with Gasteiger partial charge < -0.3 is 10.6 Å². The Balaban J connectivity index is 1.72. The maximum Gasteiger partial charge on any atom is 0.394 e. The Morgan fingerprint density at radius 3 is 2.32 bits per heavy atom. The summed E-state index contributed by atoms with van der Waals surface area (Å²) in [7, 11) is 0. The van der Waals surface area contributed by atoms with E-state index >= 15 is 0 Å². The molecule has 3 fully saturated rings. The van der Waals surface area contributed by atoms with Crippen LogP contribution < -0.4 is 10.6 Å². The van der Waals surface area contributed by atoms with Crippen LogP contribution in [0.5, 0.6) is 0 Å². The average molecular weight is 312 g/mol. The van der Waals surface area contributed by atoms with Gasteiger partial charge in [-0.3, -0.25) is 0 Å². The topological polar surface area (TPSA) is 55.0 Å². The molecule has 1 aromatic rings. The number of hydrogen-bond acceptors (Lipinski definition) is 4. The van der Waals surface area contributed by atoms with E-state index in [0.717, 1.165) is 17.1 Å². The molecule has 2 heterocycles. The van der Waals surface area contributed by atoms with Gasteiger partial charge in [0.15, 0.2) is 0 Å². The lowest BCUT2D eigenvalue weighted by Crippen LogP contribution is -2.80. The van der Waals surface area contributed by atoms with Gasteiger partial charge in [0.1, 0.15) is 11.6 Å². The number of alkyl halides is 3. The van der Waals surface area contributed by atoms with Crippen molar-refractivity contribution in [2.24, 2.45) is 11.1 Å². The lowest BCUT2D eigenvalue weighted by atomic mass is 9.38. The molecule has 2 atom stereocenters. The zero-order chi connectivity index (χ0) is 16.1. The SMILES string of the molecule is Cc1nc(C)c2c(n1)N(C13CC(C(F)(F)F)(C1)C3)C(N)C2C. The third kappa shape index (κ3) is 1.43. The molecule has 0 spiro atoms. The highest BCUT2D eigenvalue weighted by Crippen LogP contribution is 2.76. The molecule has 7 heteroatoms. The summed E-state index contributed by atoms with van der Waals surface area (Å²) in [6.07, 6.45) is -4.00. The Hall–Kier alpha value is -1.37. The first kappa shape index (κ1) is 14.2. The van der Waals surface area contributed by atoms with E-state index in [4.69, 9.17) is 5.73 Å². The number of aryl methyl sites for hydroxylation is 2. The van der Waals surface area contributed by atoms with Crippen molar-refractivity contribution in [1.29, 1.82) is 0 Å². The smallest absolute Gasteiger partial charge is 0.335 e. The van der Waals surface area contributed by atoms with E-state index in [-0.39, 0.29) is 31.3 Å². The highest BCUT2D eigenvalue weighted by molar-refractivity contribution is 5.62. The first-order valence-corrected chi connectivity index (χ1v) is 7.57. The van der Waals surface area contributed by atoms with Crippen LogP contribution in [0, 0.1) is 19.3 Å². The second kappa shape index (κ2) is 3.75. The van der Waals surface area contributed by atoms with Crippen LogP contribution in [-0.2, 0) is 0 Å². The molecule has 0 aromatic carbocycles. The number of fused-ring (bicyclic) bond motifs is 1. The molecular weight excluding hydrogens is 293 g/mol. The summed E-state index contributed by atoms with van der Waals surface area (Å²) in [4.78, 5) is 10.9. The fourth-order valence-electron chi connectivity index (χ4n) is 4.79. The van der Waals surface area contributed by atoms with Gasteiger partial charge in [-0.15, -0.1) is 0 Å². The van der Waals surface area contributed by atoms with Gasteiger partial charge in [-0.1, -0.05) is 6.92 Å². The van der Waals surface area contributed by atoms with Crippen LogP contribution in [0.3, 0.4) is 0 Å². The van der Waals surface area contributed by atoms with Crippen molar-refractivity contribution in [3.05, 3.63) is 17.1 Å². The summed E-state index contributed by atoms with van der Waals surface area (Å²) < 4.78 is 39.3. The molecule has 3 aliphatic carbocycles. The minimum Gasteiger partial charge on any atom is -0.335 e. The number of aromatic nitrogens is 2. The summed E-state index contributed by atoms with van der Waals surface area (Å²) in [6.45, 7) is 5.72. The van der Waals surface area contributed by atoms with Crippen molar-refractivity contribution in [1.82, 2.24) is 9.97 Å². The standard InChI is InChI=1S/C15H19F3N4/c1-7-10-8(2)20-9(3)21-12(10)22(11(7)19)14-4-13(5-14,6-14)15(16,17)18/h7,11H,4-6,19H2,1-3H3. The summed E-state index contributed by atoms with van der Waals surface area (Å²) in [5.74, 6) is 1.42. The Bertz CT molecular complexity index is 650. The van der Waals surface area contributed by atoms with Crippen molar-refractivity contribution in [3.63, 3.8) is 0 Å². The lowest BCUT2D eigenvalue weighted by molar-refractivity contribution is -0.333. The molecule has 1 aromatic heterocycles. The Labute approximate surface area is 126 Å². The Morgan fingerprint density at radius 1 is 1.18 bits per heavy atom. The van der Waals surface area contributed by atoms with E-state index in [0.29, 0.717) is 5.82 Å². The van der Waals surface area contributed by atoms with Crippen LogP contribution in [0.2, 0.25) is 0 Å². The third-order valence-electron chi connectivity index (χ3n) is 5.84. The molecule has 2 N–H and O–H groups in total. The molecule has 0 saturated heterocycles. The number of rotatable bonds is 1. The van der Waals surface area contributed by atoms with Crippen molar-refractivity contribution in [3.8, 4) is 0 Å². The van der Waals surface area contributed by atoms with Crippen LogP contribution >= 0.6 is 0 Å². The maximum atomic E-state index is 13.1. The van der Waals surface area contributed by atoms with E-state index in [1.54, 1.807) is 6.92 Å². The molecule has 2 bridgehead atoms. The summed E-state index contributed by atoms with van der Waals surface area (Å²) in [5, 5.41) is 0. The van der Waals surface area contributed by atoms with Gasteiger partial charge in [0.05, 0.1) is 11.6 Å². The first-order valence-electron chi connectivity index (χ1n) is 7.57. The van der Waals surface area contributed by atoms with Gasteiger partial charge in [-0.2, -0.15) is 13.2 Å². The van der Waals surface area contributed by atoms with Crippen LogP contribution in [0.25, 0.3) is 0 Å². The van der Waals surface area contributed by atoms with Gasteiger partial charge in [0, 0.05) is 22.7 Å². The van der Waals surface area contributed by atoms with Gasteiger partial charge in [-0.05, 0) is 33.1 Å². The molecule has 5 rings (SSSR count). The average Bonchev–Trinajstić information content (AvgIpc) is 2.48. The van der Waals surface area contributed by atoms with Crippen LogP contribution in [0.15, 0.2) is 0 Å². The fourth-order valence-corrected chi connectivity index (χ4v) is 4.79. The first-order chi connectivity index (χ1) is 10.1. The molecule has 2 unspecified atom stereocenters. The fraction of sp³-hybridized carbons (Fsp3) is 0.733. The third-order valence-corrected chi connectivity index (χ3v) is 5.84. The largest absolute Gasteiger partial charge is 0.394 e. The predicted molar refractivity (Wildman–Crippen MR) is 75.4 cm³/mol. The van der Waals surface area contributed by atoms with Gasteiger partial charge in [0.25, 0.3) is 0 Å². The molecule has 1 aliphatic heterocycles. The highest BCUT2D eigenvalue weighted by atomic mass is 19.4. The minimum absolute atomic E-state index is 0.0338. The van der Waals surface area contributed by atoms with E-state index < -0.39 is 17.1 Å². The van der Waals surface area contributed by atoms with Crippen molar-refractivity contribution >= 4 is 5.82 Å². The van der Waals surface area contributed by atoms with Crippen LogP contribution in [0.4, 0.5) is 19.0 Å². The summed E-state index contributed by atoms with van der Waals surface area (Å²) in [5.41, 5.74) is 6.28. The van der Waals surface area contributed by atoms with Crippen LogP contribution in [-0.4, -0.2) is 27.8 Å². The monoisotopic (exact) mass is 312 g/mol. The molecular formula is C15H19F3N4. The van der Waals surface area contributed by atoms with E-state index in [9.17, 15) is 13.2 Å². The van der Waals surface area contributed by atoms with Crippen LogP contribution in [0.1, 0.15) is 49.2 Å². The minimum atomic E-state index is -4.11. The van der Waals surface area contributed by atoms with E-state index in [1.165, 1.54) is 0 Å². The summed E-state index contributed by atoms with van der Waals surface area (Å²) in [6, 6.07) is 0. The van der Waals surface area contributed by atoms with Crippen molar-refractivity contribution < 1.29 is 13.2 Å². The molecule has 0 amide bonds. The summed E-state index contributed by atoms with van der Waals surface area (Å²) >= 11 is 0. The lowest BCUT2D eigenvalue weighted by Gasteiger charge is -2.73. The maximum absolute atomic E-state index is 13.1. The number of halogens is 3.